The number of rotatable bonds is 4. The fraction of sp³-hybridized carbons (Fsp3) is 0.333. The zero-order chi connectivity index (χ0) is 18.6. The Hall–Kier alpha value is -2.77. The summed E-state index contributed by atoms with van der Waals surface area (Å²) in [7, 11) is 0. The highest BCUT2D eigenvalue weighted by atomic mass is 19.1. The van der Waals surface area contributed by atoms with Gasteiger partial charge in [-0.1, -0.05) is 0 Å². The molecular formula is C18H14F3NO4. The second kappa shape index (κ2) is 5.89. The number of hydrogen-bond acceptors (Lipinski definition) is 4. The molecule has 1 aliphatic carbocycles. The smallest absolute Gasteiger partial charge is 0.337 e. The van der Waals surface area contributed by atoms with E-state index in [9.17, 15) is 27.9 Å². The fourth-order valence-corrected chi connectivity index (χ4v) is 3.70. The highest BCUT2D eigenvalue weighted by Gasteiger charge is 2.45. The molecule has 3 aliphatic rings. The Labute approximate surface area is 146 Å². The molecule has 0 amide bonds. The van der Waals surface area contributed by atoms with Crippen LogP contribution in [0.2, 0.25) is 0 Å². The van der Waals surface area contributed by atoms with Crippen LogP contribution in [0.4, 0.5) is 13.2 Å². The van der Waals surface area contributed by atoms with Crippen LogP contribution >= 0.6 is 0 Å². The number of allylic oxidation sites excluding steroid dienone is 1. The lowest BCUT2D eigenvalue weighted by molar-refractivity contribution is -0.136. The summed E-state index contributed by atoms with van der Waals surface area (Å²) in [6.07, 6.45) is 1.36. The molecule has 1 atom stereocenters. The molecule has 1 fully saturated rings. The van der Waals surface area contributed by atoms with E-state index in [1.807, 2.05) is 0 Å². The number of carboxylic acid groups (broad SMARTS) is 1. The summed E-state index contributed by atoms with van der Waals surface area (Å²) in [5.74, 6) is -5.38. The van der Waals surface area contributed by atoms with Gasteiger partial charge in [0.15, 0.2) is 0 Å². The molecule has 0 spiro atoms. The number of aliphatic carboxylic acids is 1. The number of alkyl halides is 1. The SMILES string of the molecule is O=C(O)C1=C(CF)NC2=C(C(=O)OC2)C1c1cc(F)cc(F)c1C1CC1. The average Bonchev–Trinajstić information content (AvgIpc) is 3.35. The average molecular weight is 365 g/mol. The first-order valence-electron chi connectivity index (χ1n) is 8.10. The van der Waals surface area contributed by atoms with E-state index in [2.05, 4.69) is 5.32 Å². The van der Waals surface area contributed by atoms with Crippen molar-refractivity contribution in [2.45, 2.75) is 24.7 Å². The van der Waals surface area contributed by atoms with Crippen LogP contribution in [-0.2, 0) is 14.3 Å². The van der Waals surface area contributed by atoms with Gasteiger partial charge in [0.1, 0.15) is 24.9 Å². The molecule has 0 aromatic heterocycles. The Bertz CT molecular complexity index is 902. The molecule has 0 saturated heterocycles. The number of carbonyl (C=O) groups excluding carboxylic acids is 1. The van der Waals surface area contributed by atoms with Crippen molar-refractivity contribution >= 4 is 11.9 Å². The maximum absolute atomic E-state index is 14.5. The number of carbonyl (C=O) groups is 2. The summed E-state index contributed by atoms with van der Waals surface area (Å²) in [4.78, 5) is 24.0. The largest absolute Gasteiger partial charge is 0.478 e. The highest BCUT2D eigenvalue weighted by molar-refractivity contribution is 6.00. The van der Waals surface area contributed by atoms with Crippen molar-refractivity contribution in [3.05, 3.63) is 57.4 Å². The van der Waals surface area contributed by atoms with E-state index >= 15 is 0 Å². The number of carboxylic acids is 1. The lowest BCUT2D eigenvalue weighted by atomic mass is 9.78. The number of hydrogen-bond donors (Lipinski definition) is 2. The number of halogens is 3. The van der Waals surface area contributed by atoms with Gasteiger partial charge in [-0.25, -0.2) is 22.8 Å². The molecule has 1 unspecified atom stereocenters. The Morgan fingerprint density at radius 2 is 2.04 bits per heavy atom. The first kappa shape index (κ1) is 16.7. The van der Waals surface area contributed by atoms with E-state index in [-0.39, 0.29) is 40.6 Å². The number of cyclic esters (lactones) is 1. The monoisotopic (exact) mass is 365 g/mol. The maximum atomic E-state index is 14.5. The zero-order valence-electron chi connectivity index (χ0n) is 13.4. The van der Waals surface area contributed by atoms with Crippen molar-refractivity contribution in [3.8, 4) is 0 Å². The van der Waals surface area contributed by atoms with E-state index in [1.165, 1.54) is 0 Å². The number of nitrogens with one attached hydrogen (secondary N) is 1. The minimum atomic E-state index is -1.46. The van der Waals surface area contributed by atoms with Crippen LogP contribution in [-0.4, -0.2) is 30.3 Å². The third kappa shape index (κ3) is 2.48. The fourth-order valence-electron chi connectivity index (χ4n) is 3.70. The van der Waals surface area contributed by atoms with Crippen LogP contribution in [0, 0.1) is 11.6 Å². The third-order valence-electron chi connectivity index (χ3n) is 4.88. The van der Waals surface area contributed by atoms with E-state index in [1.54, 1.807) is 0 Å². The Kier molecular flexibility index (Phi) is 3.78. The van der Waals surface area contributed by atoms with Crippen LogP contribution in [0.15, 0.2) is 34.7 Å². The summed E-state index contributed by atoms with van der Waals surface area (Å²) < 4.78 is 46.9. The van der Waals surface area contributed by atoms with Crippen molar-refractivity contribution in [3.63, 3.8) is 0 Å². The van der Waals surface area contributed by atoms with Crippen LogP contribution in [0.5, 0.6) is 0 Å². The topological polar surface area (TPSA) is 75.6 Å². The highest BCUT2D eigenvalue weighted by Crippen LogP contribution is 2.49. The van der Waals surface area contributed by atoms with Gasteiger partial charge in [-0.3, -0.25) is 0 Å². The van der Waals surface area contributed by atoms with Gasteiger partial charge in [-0.2, -0.15) is 0 Å². The van der Waals surface area contributed by atoms with Crippen molar-refractivity contribution < 1.29 is 32.6 Å². The summed E-state index contributed by atoms with van der Waals surface area (Å²) in [5, 5.41) is 12.2. The molecule has 4 rings (SSSR count). The maximum Gasteiger partial charge on any atom is 0.337 e. The molecule has 8 heteroatoms. The summed E-state index contributed by atoms with van der Waals surface area (Å²) >= 11 is 0. The van der Waals surface area contributed by atoms with Crippen molar-refractivity contribution in [2.75, 3.05) is 13.3 Å². The number of ether oxygens (including phenoxy) is 1. The Balaban J connectivity index is 2.00. The number of dihydropyridines is 1. The molecule has 5 nitrogen and oxygen atoms in total. The van der Waals surface area contributed by atoms with Gasteiger partial charge in [0.2, 0.25) is 0 Å². The number of benzene rings is 1. The first-order chi connectivity index (χ1) is 12.4. The normalized spacial score (nSPS) is 22.3. The second-order valence-electron chi connectivity index (χ2n) is 6.52. The van der Waals surface area contributed by atoms with E-state index in [4.69, 9.17) is 4.74 Å². The lowest BCUT2D eigenvalue weighted by Crippen LogP contribution is -2.31. The van der Waals surface area contributed by atoms with Gasteiger partial charge in [0, 0.05) is 6.07 Å². The molecule has 1 saturated carbocycles. The molecule has 26 heavy (non-hydrogen) atoms. The summed E-state index contributed by atoms with van der Waals surface area (Å²) in [6, 6.07) is 1.77. The molecule has 1 aromatic carbocycles. The molecule has 0 bridgehead atoms. The minimum absolute atomic E-state index is 0.0356. The van der Waals surface area contributed by atoms with Crippen LogP contribution in [0.25, 0.3) is 0 Å². The van der Waals surface area contributed by atoms with Gasteiger partial charge >= 0.3 is 11.9 Å². The van der Waals surface area contributed by atoms with Gasteiger partial charge in [0.05, 0.1) is 28.5 Å². The van der Waals surface area contributed by atoms with Gasteiger partial charge in [-0.15, -0.1) is 0 Å². The van der Waals surface area contributed by atoms with E-state index in [0.29, 0.717) is 12.8 Å². The predicted molar refractivity (Wildman–Crippen MR) is 82.8 cm³/mol. The quantitative estimate of drug-likeness (QED) is 0.803. The zero-order valence-corrected chi connectivity index (χ0v) is 13.4. The summed E-state index contributed by atoms with van der Waals surface area (Å²) in [6.45, 7) is -1.29. The van der Waals surface area contributed by atoms with Gasteiger partial charge < -0.3 is 15.2 Å². The Morgan fingerprint density at radius 1 is 1.31 bits per heavy atom. The lowest BCUT2D eigenvalue weighted by Gasteiger charge is -2.28. The third-order valence-corrected chi connectivity index (χ3v) is 4.88. The van der Waals surface area contributed by atoms with Crippen LogP contribution in [0.3, 0.4) is 0 Å². The van der Waals surface area contributed by atoms with Gasteiger partial charge in [-0.05, 0) is 36.0 Å². The van der Waals surface area contributed by atoms with Crippen LogP contribution in [0.1, 0.15) is 35.8 Å². The summed E-state index contributed by atoms with van der Waals surface area (Å²) in [5.41, 5.74) is -0.262. The molecule has 0 radical (unpaired) electrons. The van der Waals surface area contributed by atoms with Crippen LogP contribution < -0.4 is 5.32 Å². The van der Waals surface area contributed by atoms with Crippen molar-refractivity contribution in [2.24, 2.45) is 0 Å². The minimum Gasteiger partial charge on any atom is -0.478 e. The second-order valence-corrected chi connectivity index (χ2v) is 6.52. The molecular weight excluding hydrogens is 351 g/mol. The molecule has 2 N–H and O–H groups in total. The molecule has 2 aliphatic heterocycles. The molecule has 2 heterocycles. The first-order valence-corrected chi connectivity index (χ1v) is 8.10. The molecule has 1 aromatic rings. The van der Waals surface area contributed by atoms with E-state index in [0.717, 1.165) is 12.1 Å². The number of esters is 1. The molecule has 136 valence electrons. The van der Waals surface area contributed by atoms with Gasteiger partial charge in [0.25, 0.3) is 0 Å². The Morgan fingerprint density at radius 3 is 2.65 bits per heavy atom. The van der Waals surface area contributed by atoms with Crippen molar-refractivity contribution in [1.82, 2.24) is 5.32 Å². The predicted octanol–water partition coefficient (Wildman–Crippen LogP) is 2.65. The standard InChI is InChI=1S/C18H14F3NO4/c19-5-11-15(17(23)24)14(16-12(22-11)6-26-18(16)25)9-3-8(20)4-10(21)13(9)7-1-2-7/h3-4,7,14,22H,1-2,5-6H2,(H,23,24). The van der Waals surface area contributed by atoms with E-state index < -0.39 is 41.7 Å². The van der Waals surface area contributed by atoms with Crippen molar-refractivity contribution in [1.29, 1.82) is 0 Å².